The van der Waals surface area contributed by atoms with Gasteiger partial charge in [-0.15, -0.1) is 0 Å². The second-order valence-corrected chi connectivity index (χ2v) is 3.93. The molecule has 3 nitrogen and oxygen atoms in total. The summed E-state index contributed by atoms with van der Waals surface area (Å²) in [5.74, 6) is -0.136. The molecule has 0 saturated carbocycles. The molecule has 0 unspecified atom stereocenters. The average Bonchev–Trinajstić information content (AvgIpc) is 2.16. The number of hydrogen-bond donors (Lipinski definition) is 2. The Labute approximate surface area is 90.1 Å². The van der Waals surface area contributed by atoms with Gasteiger partial charge in [-0.1, -0.05) is 17.2 Å². The lowest BCUT2D eigenvalue weighted by Crippen LogP contribution is -2.35. The first-order valence-corrected chi connectivity index (χ1v) is 5.03. The molecule has 1 rings (SSSR count). The van der Waals surface area contributed by atoms with Gasteiger partial charge in [0.05, 0.1) is 6.61 Å². The number of aliphatic hydroxyl groups is 1. The van der Waals surface area contributed by atoms with E-state index in [4.69, 9.17) is 5.11 Å². The summed E-state index contributed by atoms with van der Waals surface area (Å²) in [5, 5.41) is 11.5. The summed E-state index contributed by atoms with van der Waals surface area (Å²) >= 11 is 0. The van der Waals surface area contributed by atoms with Crippen molar-refractivity contribution in [2.24, 2.45) is 0 Å². The van der Waals surface area contributed by atoms with Crippen molar-refractivity contribution in [1.82, 2.24) is 5.32 Å². The Morgan fingerprint density at radius 1 is 1.33 bits per heavy atom. The van der Waals surface area contributed by atoms with Crippen LogP contribution >= 0.6 is 0 Å². The van der Waals surface area contributed by atoms with Gasteiger partial charge in [0.25, 0.3) is 5.91 Å². The van der Waals surface area contributed by atoms with Gasteiger partial charge < -0.3 is 10.4 Å². The van der Waals surface area contributed by atoms with E-state index in [9.17, 15) is 4.79 Å². The second-order valence-electron chi connectivity index (χ2n) is 3.93. The summed E-state index contributed by atoms with van der Waals surface area (Å²) in [5.41, 5.74) is 2.78. The summed E-state index contributed by atoms with van der Waals surface area (Å²) in [6.07, 6.45) is 0. The van der Waals surface area contributed by atoms with Crippen molar-refractivity contribution in [1.29, 1.82) is 0 Å². The van der Waals surface area contributed by atoms with E-state index >= 15 is 0 Å². The number of aryl methyl sites for hydroxylation is 2. The van der Waals surface area contributed by atoms with E-state index in [-0.39, 0.29) is 18.6 Å². The van der Waals surface area contributed by atoms with Crippen molar-refractivity contribution < 1.29 is 9.90 Å². The number of amides is 1. The molecule has 1 aromatic carbocycles. The molecule has 0 aliphatic carbocycles. The fraction of sp³-hybridized carbons (Fsp3) is 0.417. The van der Waals surface area contributed by atoms with Gasteiger partial charge in [0.1, 0.15) is 0 Å². The van der Waals surface area contributed by atoms with E-state index in [2.05, 4.69) is 5.32 Å². The van der Waals surface area contributed by atoms with Crippen LogP contribution in [0.2, 0.25) is 0 Å². The van der Waals surface area contributed by atoms with Gasteiger partial charge in [-0.3, -0.25) is 4.79 Å². The van der Waals surface area contributed by atoms with Crippen molar-refractivity contribution in [3.63, 3.8) is 0 Å². The molecule has 0 saturated heterocycles. The van der Waals surface area contributed by atoms with Crippen LogP contribution in [0.4, 0.5) is 0 Å². The molecule has 0 fully saturated rings. The summed E-state index contributed by atoms with van der Waals surface area (Å²) < 4.78 is 0. The highest BCUT2D eigenvalue weighted by molar-refractivity contribution is 5.94. The molecule has 0 aliphatic heterocycles. The zero-order chi connectivity index (χ0) is 11.4. The van der Waals surface area contributed by atoms with Crippen LogP contribution in [0.3, 0.4) is 0 Å². The summed E-state index contributed by atoms with van der Waals surface area (Å²) in [7, 11) is 0. The number of nitrogens with one attached hydrogen (secondary N) is 1. The highest BCUT2D eigenvalue weighted by Crippen LogP contribution is 2.08. The van der Waals surface area contributed by atoms with Gasteiger partial charge in [0, 0.05) is 11.6 Å². The molecule has 0 spiro atoms. The Morgan fingerprint density at radius 2 is 1.87 bits per heavy atom. The van der Waals surface area contributed by atoms with E-state index in [1.165, 1.54) is 0 Å². The van der Waals surface area contributed by atoms with Crippen LogP contribution in [0.5, 0.6) is 0 Å². The van der Waals surface area contributed by atoms with Crippen LogP contribution in [-0.2, 0) is 0 Å². The first kappa shape index (κ1) is 11.7. The molecule has 82 valence electrons. The summed E-state index contributed by atoms with van der Waals surface area (Å²) in [4.78, 5) is 11.7. The highest BCUT2D eigenvalue weighted by Gasteiger charge is 2.09. The zero-order valence-corrected chi connectivity index (χ0v) is 9.37. The molecule has 0 aliphatic rings. The topological polar surface area (TPSA) is 49.3 Å². The molecule has 1 aromatic rings. The van der Waals surface area contributed by atoms with Crippen molar-refractivity contribution in [2.75, 3.05) is 6.61 Å². The first-order chi connectivity index (χ1) is 7.02. The van der Waals surface area contributed by atoms with E-state index in [0.29, 0.717) is 5.56 Å². The number of carbonyl (C=O) groups is 1. The molecular weight excluding hydrogens is 190 g/mol. The normalized spacial score (nSPS) is 12.3. The van der Waals surface area contributed by atoms with E-state index in [1.54, 1.807) is 6.92 Å². The average molecular weight is 207 g/mol. The Morgan fingerprint density at radius 3 is 2.33 bits per heavy atom. The zero-order valence-electron chi connectivity index (χ0n) is 9.37. The van der Waals surface area contributed by atoms with E-state index < -0.39 is 0 Å². The second kappa shape index (κ2) is 4.94. The van der Waals surface area contributed by atoms with Gasteiger partial charge in [0.15, 0.2) is 0 Å². The lowest BCUT2D eigenvalue weighted by Gasteiger charge is -2.11. The molecule has 1 atom stereocenters. The molecule has 3 heteroatoms. The largest absolute Gasteiger partial charge is 0.394 e. The Hall–Kier alpha value is -1.35. The van der Waals surface area contributed by atoms with Gasteiger partial charge >= 0.3 is 0 Å². The maximum atomic E-state index is 11.7. The smallest absolute Gasteiger partial charge is 0.251 e. The number of carbonyl (C=O) groups excluding carboxylic acids is 1. The van der Waals surface area contributed by atoms with Crippen LogP contribution < -0.4 is 5.32 Å². The van der Waals surface area contributed by atoms with Crippen molar-refractivity contribution in [3.8, 4) is 0 Å². The Kier molecular flexibility index (Phi) is 3.86. The van der Waals surface area contributed by atoms with Crippen LogP contribution in [0.1, 0.15) is 28.4 Å². The maximum Gasteiger partial charge on any atom is 0.251 e. The Bertz CT molecular complexity index is 340. The predicted octanol–water partition coefficient (Wildman–Crippen LogP) is 1.41. The molecule has 0 aromatic heterocycles. The van der Waals surface area contributed by atoms with Gasteiger partial charge in [-0.05, 0) is 32.9 Å². The molecule has 0 radical (unpaired) electrons. The summed E-state index contributed by atoms with van der Waals surface area (Å²) in [6.45, 7) is 5.63. The molecule has 2 N–H and O–H groups in total. The molecule has 0 bridgehead atoms. The van der Waals surface area contributed by atoms with Crippen LogP contribution in [-0.4, -0.2) is 23.7 Å². The number of benzene rings is 1. The Balaban J connectivity index is 2.82. The number of hydrogen-bond acceptors (Lipinski definition) is 2. The molecule has 15 heavy (non-hydrogen) atoms. The minimum absolute atomic E-state index is 0.0451. The van der Waals surface area contributed by atoms with Crippen molar-refractivity contribution >= 4 is 5.91 Å². The van der Waals surface area contributed by atoms with Crippen LogP contribution in [0, 0.1) is 13.8 Å². The molecule has 0 heterocycles. The third-order valence-corrected chi connectivity index (χ3v) is 2.14. The monoisotopic (exact) mass is 207 g/mol. The minimum Gasteiger partial charge on any atom is -0.394 e. The lowest BCUT2D eigenvalue weighted by atomic mass is 10.1. The van der Waals surface area contributed by atoms with Gasteiger partial charge in [-0.25, -0.2) is 0 Å². The molecule has 1 amide bonds. The third kappa shape index (κ3) is 3.36. The number of aliphatic hydroxyl groups excluding tert-OH is 1. The van der Waals surface area contributed by atoms with Gasteiger partial charge in [0.2, 0.25) is 0 Å². The lowest BCUT2D eigenvalue weighted by molar-refractivity contribution is 0.0922. The molecular formula is C12H17NO2. The number of rotatable bonds is 3. The standard InChI is InChI=1S/C12H17NO2/c1-8-4-9(2)6-11(5-8)12(15)13-10(3)7-14/h4-6,10,14H,7H2,1-3H3,(H,13,15)/t10-/m1/s1. The maximum absolute atomic E-state index is 11.7. The fourth-order valence-electron chi connectivity index (χ4n) is 1.46. The van der Waals surface area contributed by atoms with E-state index in [0.717, 1.165) is 11.1 Å². The SMILES string of the molecule is Cc1cc(C)cc(C(=O)N[C@H](C)CO)c1. The van der Waals surface area contributed by atoms with Crippen molar-refractivity contribution in [3.05, 3.63) is 34.9 Å². The summed E-state index contributed by atoms with van der Waals surface area (Å²) in [6, 6.07) is 5.49. The minimum atomic E-state index is -0.210. The van der Waals surface area contributed by atoms with E-state index in [1.807, 2.05) is 32.0 Å². The predicted molar refractivity (Wildman–Crippen MR) is 59.9 cm³/mol. The highest BCUT2D eigenvalue weighted by atomic mass is 16.3. The van der Waals surface area contributed by atoms with Crippen molar-refractivity contribution in [2.45, 2.75) is 26.8 Å². The van der Waals surface area contributed by atoms with Crippen LogP contribution in [0.25, 0.3) is 0 Å². The first-order valence-electron chi connectivity index (χ1n) is 5.03. The third-order valence-electron chi connectivity index (χ3n) is 2.14. The van der Waals surface area contributed by atoms with Crippen LogP contribution in [0.15, 0.2) is 18.2 Å². The van der Waals surface area contributed by atoms with Gasteiger partial charge in [-0.2, -0.15) is 0 Å². The quantitative estimate of drug-likeness (QED) is 0.787. The fourth-order valence-corrected chi connectivity index (χ4v) is 1.46.